The van der Waals surface area contributed by atoms with Gasteiger partial charge in [-0.3, -0.25) is 4.79 Å². The molecular weight excluding hydrogens is 152 g/mol. The first kappa shape index (κ1) is 9.30. The lowest BCUT2D eigenvalue weighted by atomic mass is 9.84. The first-order chi connectivity index (χ1) is 5.48. The normalized spacial score (nSPS) is 29.6. The van der Waals surface area contributed by atoms with Gasteiger partial charge in [0.15, 0.2) is 5.78 Å². The molecule has 1 unspecified atom stereocenters. The van der Waals surface area contributed by atoms with E-state index in [1.807, 2.05) is 0 Å². The summed E-state index contributed by atoms with van der Waals surface area (Å²) in [6.07, 6.45) is 2.41. The van der Waals surface area contributed by atoms with Gasteiger partial charge >= 0.3 is 0 Å². The Morgan fingerprint density at radius 1 is 1.58 bits per heavy atom. The van der Waals surface area contributed by atoms with Crippen LogP contribution in [0, 0.1) is 5.41 Å². The summed E-state index contributed by atoms with van der Waals surface area (Å²) in [4.78, 5) is 11.0. The second kappa shape index (κ2) is 2.92. The molecule has 1 rings (SSSR count). The minimum Gasteiger partial charge on any atom is -0.512 e. The van der Waals surface area contributed by atoms with E-state index < -0.39 is 0 Å². The van der Waals surface area contributed by atoms with E-state index in [9.17, 15) is 9.90 Å². The SMILES string of the molecule is CCC1(C)CC(O)=C(C(C)=O)C1. The summed E-state index contributed by atoms with van der Waals surface area (Å²) in [7, 11) is 0. The van der Waals surface area contributed by atoms with Crippen molar-refractivity contribution in [2.45, 2.75) is 40.0 Å². The van der Waals surface area contributed by atoms with Crippen molar-refractivity contribution in [2.24, 2.45) is 5.41 Å². The third kappa shape index (κ3) is 1.52. The highest BCUT2D eigenvalue weighted by molar-refractivity contribution is 5.94. The van der Waals surface area contributed by atoms with Gasteiger partial charge in [0.1, 0.15) is 0 Å². The van der Waals surface area contributed by atoms with Crippen LogP contribution >= 0.6 is 0 Å². The van der Waals surface area contributed by atoms with Gasteiger partial charge in [0.05, 0.1) is 5.76 Å². The minimum absolute atomic E-state index is 0.0182. The van der Waals surface area contributed by atoms with Crippen molar-refractivity contribution in [1.29, 1.82) is 0 Å². The number of hydrogen-bond acceptors (Lipinski definition) is 2. The Bertz CT molecular complexity index is 240. The van der Waals surface area contributed by atoms with E-state index in [1.54, 1.807) is 0 Å². The van der Waals surface area contributed by atoms with E-state index in [-0.39, 0.29) is 11.2 Å². The first-order valence-corrected chi connectivity index (χ1v) is 4.40. The fourth-order valence-corrected chi connectivity index (χ4v) is 1.68. The third-order valence-electron chi connectivity index (χ3n) is 2.82. The monoisotopic (exact) mass is 168 g/mol. The van der Waals surface area contributed by atoms with Gasteiger partial charge in [0.2, 0.25) is 0 Å². The maximum Gasteiger partial charge on any atom is 0.159 e. The molecular formula is C10H16O2. The molecule has 2 heteroatoms. The average Bonchev–Trinajstić information content (AvgIpc) is 2.28. The molecule has 0 aliphatic heterocycles. The number of aliphatic hydroxyl groups is 1. The molecule has 0 radical (unpaired) electrons. The second-order valence-corrected chi connectivity index (χ2v) is 4.00. The zero-order valence-electron chi connectivity index (χ0n) is 7.98. The highest BCUT2D eigenvalue weighted by Gasteiger charge is 2.34. The molecule has 0 saturated carbocycles. The number of hydrogen-bond donors (Lipinski definition) is 1. The van der Waals surface area contributed by atoms with Crippen LogP contribution in [-0.2, 0) is 4.79 Å². The smallest absolute Gasteiger partial charge is 0.159 e. The van der Waals surface area contributed by atoms with Crippen LogP contribution in [0.4, 0.5) is 0 Å². The van der Waals surface area contributed by atoms with Crippen molar-refractivity contribution in [3.63, 3.8) is 0 Å². The summed E-state index contributed by atoms with van der Waals surface area (Å²) in [6, 6.07) is 0. The molecule has 0 bridgehead atoms. The molecule has 0 amide bonds. The van der Waals surface area contributed by atoms with Crippen LogP contribution in [0.15, 0.2) is 11.3 Å². The van der Waals surface area contributed by atoms with E-state index in [2.05, 4.69) is 13.8 Å². The molecule has 0 aromatic rings. The quantitative estimate of drug-likeness (QED) is 0.688. The number of carbonyl (C=O) groups excluding carboxylic acids is 1. The van der Waals surface area contributed by atoms with Crippen LogP contribution in [0.25, 0.3) is 0 Å². The van der Waals surface area contributed by atoms with Crippen molar-refractivity contribution in [3.8, 4) is 0 Å². The van der Waals surface area contributed by atoms with Gasteiger partial charge in [0.25, 0.3) is 0 Å². The van der Waals surface area contributed by atoms with E-state index in [0.29, 0.717) is 17.8 Å². The molecule has 0 spiro atoms. The van der Waals surface area contributed by atoms with Crippen LogP contribution in [0.5, 0.6) is 0 Å². The summed E-state index contributed by atoms with van der Waals surface area (Å²) in [5, 5.41) is 9.48. The average molecular weight is 168 g/mol. The molecule has 68 valence electrons. The number of allylic oxidation sites excluding steroid dienone is 2. The Kier molecular flexibility index (Phi) is 2.27. The lowest BCUT2D eigenvalue weighted by molar-refractivity contribution is -0.113. The zero-order chi connectivity index (χ0) is 9.35. The van der Waals surface area contributed by atoms with Gasteiger partial charge in [-0.1, -0.05) is 13.8 Å². The molecule has 0 aromatic carbocycles. The summed E-state index contributed by atoms with van der Waals surface area (Å²) in [6.45, 7) is 5.72. The van der Waals surface area contributed by atoms with Crippen LogP contribution in [0.1, 0.15) is 40.0 Å². The summed E-state index contributed by atoms with van der Waals surface area (Å²) in [5.74, 6) is 0.330. The molecule has 0 saturated heterocycles. The highest BCUT2D eigenvalue weighted by atomic mass is 16.3. The van der Waals surface area contributed by atoms with Gasteiger partial charge in [0, 0.05) is 12.0 Å². The number of carbonyl (C=O) groups is 1. The molecule has 0 aromatic heterocycles. The summed E-state index contributed by atoms with van der Waals surface area (Å²) < 4.78 is 0. The molecule has 12 heavy (non-hydrogen) atoms. The number of aliphatic hydroxyl groups excluding tert-OH is 1. The molecule has 1 aliphatic carbocycles. The highest BCUT2D eigenvalue weighted by Crippen LogP contribution is 2.43. The summed E-state index contributed by atoms with van der Waals surface area (Å²) >= 11 is 0. The molecule has 1 aliphatic rings. The van der Waals surface area contributed by atoms with Crippen molar-refractivity contribution >= 4 is 5.78 Å². The molecule has 2 nitrogen and oxygen atoms in total. The fourth-order valence-electron chi connectivity index (χ4n) is 1.68. The van der Waals surface area contributed by atoms with Gasteiger partial charge in [-0.05, 0) is 25.2 Å². The number of rotatable bonds is 2. The van der Waals surface area contributed by atoms with Gasteiger partial charge in [-0.25, -0.2) is 0 Å². The van der Waals surface area contributed by atoms with Gasteiger partial charge in [-0.2, -0.15) is 0 Å². The maximum absolute atomic E-state index is 11.0. The topological polar surface area (TPSA) is 37.3 Å². The molecule has 0 heterocycles. The van der Waals surface area contributed by atoms with Crippen molar-refractivity contribution in [1.82, 2.24) is 0 Å². The predicted molar refractivity (Wildman–Crippen MR) is 48.0 cm³/mol. The lowest BCUT2D eigenvalue weighted by Gasteiger charge is -2.20. The van der Waals surface area contributed by atoms with E-state index in [1.165, 1.54) is 6.92 Å². The number of Topliss-reactive ketones (excluding diaryl/α,β-unsaturated/α-hetero) is 1. The Balaban J connectivity index is 2.81. The van der Waals surface area contributed by atoms with Crippen LogP contribution in [-0.4, -0.2) is 10.9 Å². The van der Waals surface area contributed by atoms with E-state index in [4.69, 9.17) is 0 Å². The maximum atomic E-state index is 11.0. The van der Waals surface area contributed by atoms with Gasteiger partial charge in [-0.15, -0.1) is 0 Å². The number of ketones is 1. The van der Waals surface area contributed by atoms with Gasteiger partial charge < -0.3 is 5.11 Å². The largest absolute Gasteiger partial charge is 0.512 e. The van der Waals surface area contributed by atoms with Crippen LogP contribution in [0.2, 0.25) is 0 Å². The Labute approximate surface area is 73.3 Å². The minimum atomic E-state index is 0.0182. The third-order valence-corrected chi connectivity index (χ3v) is 2.82. The second-order valence-electron chi connectivity index (χ2n) is 4.00. The Hall–Kier alpha value is -0.790. The van der Waals surface area contributed by atoms with E-state index in [0.717, 1.165) is 12.8 Å². The fraction of sp³-hybridized carbons (Fsp3) is 0.700. The lowest BCUT2D eigenvalue weighted by Crippen LogP contribution is -2.11. The van der Waals surface area contributed by atoms with E-state index >= 15 is 0 Å². The predicted octanol–water partition coefficient (Wildman–Crippen LogP) is 2.60. The molecule has 1 N–H and O–H groups in total. The van der Waals surface area contributed by atoms with Crippen molar-refractivity contribution in [3.05, 3.63) is 11.3 Å². The Morgan fingerprint density at radius 3 is 2.42 bits per heavy atom. The molecule has 1 atom stereocenters. The van der Waals surface area contributed by atoms with Crippen LogP contribution in [0.3, 0.4) is 0 Å². The van der Waals surface area contributed by atoms with Crippen molar-refractivity contribution in [2.75, 3.05) is 0 Å². The first-order valence-electron chi connectivity index (χ1n) is 4.40. The standard InChI is InChI=1S/C10H16O2/c1-4-10(3)5-8(7(2)11)9(12)6-10/h12H,4-6H2,1-3H3. The van der Waals surface area contributed by atoms with Crippen molar-refractivity contribution < 1.29 is 9.90 Å². The zero-order valence-corrected chi connectivity index (χ0v) is 7.98. The summed E-state index contributed by atoms with van der Waals surface area (Å²) in [5.41, 5.74) is 0.754. The Morgan fingerprint density at radius 2 is 2.17 bits per heavy atom. The van der Waals surface area contributed by atoms with Crippen LogP contribution < -0.4 is 0 Å². The molecule has 0 fully saturated rings.